The maximum absolute atomic E-state index is 12.5. The van der Waals surface area contributed by atoms with Crippen LogP contribution in [0.15, 0.2) is 23.1 Å². The Morgan fingerprint density at radius 1 is 1.33 bits per heavy atom. The van der Waals surface area contributed by atoms with E-state index >= 15 is 0 Å². The van der Waals surface area contributed by atoms with E-state index in [4.69, 9.17) is 0 Å². The van der Waals surface area contributed by atoms with Crippen LogP contribution >= 0.6 is 0 Å². The number of carbonyl (C=O) groups excluding carboxylic acids is 1. The zero-order valence-corrected chi connectivity index (χ0v) is 14.7. The van der Waals surface area contributed by atoms with E-state index in [1.807, 2.05) is 13.8 Å². The molecule has 3 rings (SSSR count). The van der Waals surface area contributed by atoms with Crippen molar-refractivity contribution in [3.05, 3.63) is 40.7 Å². The zero-order valence-electron chi connectivity index (χ0n) is 13.9. The minimum Gasteiger partial charge on any atom is -0.315 e. The topological polar surface area (TPSA) is 95.2 Å². The first-order valence-corrected chi connectivity index (χ1v) is 9.17. The van der Waals surface area contributed by atoms with E-state index in [0.29, 0.717) is 13.0 Å². The van der Waals surface area contributed by atoms with Crippen LogP contribution in [0.2, 0.25) is 0 Å². The van der Waals surface area contributed by atoms with Crippen molar-refractivity contribution < 1.29 is 13.2 Å². The summed E-state index contributed by atoms with van der Waals surface area (Å²) in [6, 6.07) is 4.79. The zero-order chi connectivity index (χ0) is 17.5. The van der Waals surface area contributed by atoms with Crippen molar-refractivity contribution in [2.75, 3.05) is 18.5 Å². The van der Waals surface area contributed by atoms with E-state index in [1.54, 1.807) is 24.1 Å². The van der Waals surface area contributed by atoms with Crippen LogP contribution in [0.1, 0.15) is 22.5 Å². The number of hydrogen-bond acceptors (Lipinski definition) is 4. The first-order valence-electron chi connectivity index (χ1n) is 7.69. The fraction of sp³-hybridized carbons (Fsp3) is 0.375. The number of carbonyl (C=O) groups is 1. The van der Waals surface area contributed by atoms with Gasteiger partial charge in [-0.15, -0.1) is 0 Å². The number of aromatic amines is 1. The predicted molar refractivity (Wildman–Crippen MR) is 90.5 cm³/mol. The summed E-state index contributed by atoms with van der Waals surface area (Å²) < 4.78 is 27.5. The number of aromatic nitrogens is 2. The van der Waals surface area contributed by atoms with Crippen molar-refractivity contribution in [2.45, 2.75) is 31.6 Å². The standard InChI is InChI=1S/C16H20N4O3S/c1-10-14(11(2)19-18-10)6-7-17-24(22,23)13-4-5-15-12(8-13)9-16(21)20(15)3/h4-5,8,17H,6-7,9H2,1-3H3,(H,18,19). The molecule has 128 valence electrons. The molecular formula is C16H20N4O3S. The van der Waals surface area contributed by atoms with Crippen molar-refractivity contribution in [1.82, 2.24) is 14.9 Å². The molecule has 0 atom stereocenters. The number of nitrogens with one attached hydrogen (secondary N) is 2. The maximum atomic E-state index is 12.5. The summed E-state index contributed by atoms with van der Waals surface area (Å²) >= 11 is 0. The molecule has 1 aromatic carbocycles. The molecule has 0 bridgehead atoms. The molecular weight excluding hydrogens is 328 g/mol. The molecule has 0 saturated heterocycles. The van der Waals surface area contributed by atoms with Gasteiger partial charge < -0.3 is 4.90 Å². The SMILES string of the molecule is Cc1n[nH]c(C)c1CCNS(=O)(=O)c1ccc2c(c1)CC(=O)N2C. The Balaban J connectivity index is 1.72. The van der Waals surface area contributed by atoms with Crippen LogP contribution in [-0.4, -0.2) is 38.1 Å². The molecule has 24 heavy (non-hydrogen) atoms. The average molecular weight is 348 g/mol. The quantitative estimate of drug-likeness (QED) is 0.845. The second-order valence-corrected chi connectivity index (χ2v) is 7.75. The molecule has 1 amide bonds. The van der Waals surface area contributed by atoms with Gasteiger partial charge in [0.25, 0.3) is 0 Å². The maximum Gasteiger partial charge on any atom is 0.240 e. The second kappa shape index (κ2) is 6.03. The molecule has 1 aliphatic heterocycles. The number of anilines is 1. The number of fused-ring (bicyclic) bond motifs is 1. The molecule has 0 radical (unpaired) electrons. The lowest BCUT2D eigenvalue weighted by Gasteiger charge is -2.11. The lowest BCUT2D eigenvalue weighted by atomic mass is 10.1. The summed E-state index contributed by atoms with van der Waals surface area (Å²) in [5, 5.41) is 6.99. The van der Waals surface area contributed by atoms with Gasteiger partial charge in [0, 0.05) is 25.0 Å². The molecule has 0 aliphatic carbocycles. The van der Waals surface area contributed by atoms with Crippen LogP contribution < -0.4 is 9.62 Å². The highest BCUT2D eigenvalue weighted by atomic mass is 32.2. The monoisotopic (exact) mass is 348 g/mol. The minimum atomic E-state index is -3.61. The van der Waals surface area contributed by atoms with Gasteiger partial charge in [0.15, 0.2) is 0 Å². The Kier molecular flexibility index (Phi) is 4.18. The Bertz CT molecular complexity index is 883. The van der Waals surface area contributed by atoms with E-state index in [9.17, 15) is 13.2 Å². The Labute approximate surface area is 141 Å². The van der Waals surface area contributed by atoms with Gasteiger partial charge in [0.2, 0.25) is 15.9 Å². The lowest BCUT2D eigenvalue weighted by Crippen LogP contribution is -2.26. The van der Waals surface area contributed by atoms with E-state index in [2.05, 4.69) is 14.9 Å². The molecule has 7 nitrogen and oxygen atoms in total. The highest BCUT2D eigenvalue weighted by molar-refractivity contribution is 7.89. The molecule has 2 aromatic rings. The number of hydrogen-bond donors (Lipinski definition) is 2. The highest BCUT2D eigenvalue weighted by Gasteiger charge is 2.26. The van der Waals surface area contributed by atoms with Crippen LogP contribution in [0.25, 0.3) is 0 Å². The number of aryl methyl sites for hydroxylation is 2. The van der Waals surface area contributed by atoms with Crippen molar-refractivity contribution >= 4 is 21.6 Å². The largest absolute Gasteiger partial charge is 0.315 e. The third-order valence-corrected chi connectivity index (χ3v) is 5.84. The van der Waals surface area contributed by atoms with Crippen molar-refractivity contribution in [3.8, 4) is 0 Å². The van der Waals surface area contributed by atoms with Gasteiger partial charge in [-0.2, -0.15) is 5.10 Å². The molecule has 0 unspecified atom stereocenters. The van der Waals surface area contributed by atoms with Crippen LogP contribution in [0.4, 0.5) is 5.69 Å². The summed E-state index contributed by atoms with van der Waals surface area (Å²) in [5.74, 6) is -0.0292. The Morgan fingerprint density at radius 3 is 2.75 bits per heavy atom. The Hall–Kier alpha value is -2.19. The van der Waals surface area contributed by atoms with Gasteiger partial charge in [-0.05, 0) is 49.6 Å². The normalized spacial score (nSPS) is 14.3. The third-order valence-electron chi connectivity index (χ3n) is 4.39. The second-order valence-electron chi connectivity index (χ2n) is 5.98. The predicted octanol–water partition coefficient (Wildman–Crippen LogP) is 1.07. The summed E-state index contributed by atoms with van der Waals surface area (Å²) in [7, 11) is -1.92. The summed E-state index contributed by atoms with van der Waals surface area (Å²) in [4.78, 5) is 13.4. The first kappa shape index (κ1) is 16.7. The fourth-order valence-corrected chi connectivity index (χ4v) is 4.03. The van der Waals surface area contributed by atoms with Crippen molar-refractivity contribution in [2.24, 2.45) is 0 Å². The minimum absolute atomic E-state index is 0.0292. The van der Waals surface area contributed by atoms with E-state index in [-0.39, 0.29) is 17.2 Å². The summed E-state index contributed by atoms with van der Waals surface area (Å²) in [6.45, 7) is 4.10. The van der Waals surface area contributed by atoms with Crippen LogP contribution in [0.5, 0.6) is 0 Å². The van der Waals surface area contributed by atoms with E-state index < -0.39 is 10.0 Å². The molecule has 1 aromatic heterocycles. The van der Waals surface area contributed by atoms with Crippen LogP contribution in [-0.2, 0) is 27.7 Å². The molecule has 0 saturated carbocycles. The number of benzene rings is 1. The highest BCUT2D eigenvalue weighted by Crippen LogP contribution is 2.29. The number of sulfonamides is 1. The lowest BCUT2D eigenvalue weighted by molar-refractivity contribution is -0.117. The smallest absolute Gasteiger partial charge is 0.240 e. The molecule has 1 aliphatic rings. The van der Waals surface area contributed by atoms with E-state index in [0.717, 1.165) is 28.2 Å². The van der Waals surface area contributed by atoms with Gasteiger partial charge in [0.05, 0.1) is 17.0 Å². The number of amides is 1. The van der Waals surface area contributed by atoms with Gasteiger partial charge >= 0.3 is 0 Å². The number of H-pyrrole nitrogens is 1. The molecule has 0 fully saturated rings. The van der Waals surface area contributed by atoms with Crippen LogP contribution in [0, 0.1) is 13.8 Å². The molecule has 2 heterocycles. The molecule has 0 spiro atoms. The number of rotatable bonds is 5. The van der Waals surface area contributed by atoms with Gasteiger partial charge in [-0.1, -0.05) is 0 Å². The van der Waals surface area contributed by atoms with Gasteiger partial charge in [0.1, 0.15) is 0 Å². The summed E-state index contributed by atoms with van der Waals surface area (Å²) in [6.07, 6.45) is 0.808. The summed E-state index contributed by atoms with van der Waals surface area (Å²) in [5.41, 5.74) is 4.37. The van der Waals surface area contributed by atoms with Gasteiger partial charge in [-0.25, -0.2) is 13.1 Å². The average Bonchev–Trinajstić information content (AvgIpc) is 3.00. The van der Waals surface area contributed by atoms with E-state index in [1.165, 1.54) is 6.07 Å². The Morgan fingerprint density at radius 2 is 2.08 bits per heavy atom. The molecule has 2 N–H and O–H groups in total. The van der Waals surface area contributed by atoms with Gasteiger partial charge in [-0.3, -0.25) is 9.89 Å². The first-order chi connectivity index (χ1) is 11.3. The number of likely N-dealkylation sites (N-methyl/N-ethyl adjacent to an activating group) is 1. The van der Waals surface area contributed by atoms with Crippen molar-refractivity contribution in [3.63, 3.8) is 0 Å². The molecule has 8 heteroatoms. The third kappa shape index (κ3) is 2.94. The fourth-order valence-electron chi connectivity index (χ4n) is 2.95. The van der Waals surface area contributed by atoms with Crippen LogP contribution in [0.3, 0.4) is 0 Å². The number of nitrogens with zero attached hydrogens (tertiary/aromatic N) is 2. The van der Waals surface area contributed by atoms with Crippen molar-refractivity contribution in [1.29, 1.82) is 0 Å².